The highest BCUT2D eigenvalue weighted by atomic mass is 32.1. The Balaban J connectivity index is -0.000000316. The summed E-state index contributed by atoms with van der Waals surface area (Å²) in [5.74, 6) is -1.76. The highest BCUT2D eigenvalue weighted by molar-refractivity contribution is 7.51. The van der Waals surface area contributed by atoms with E-state index in [0.717, 1.165) is 0 Å². The van der Waals surface area contributed by atoms with E-state index in [1.807, 2.05) is 0 Å². The Bertz CT molecular complexity index is 596. The summed E-state index contributed by atoms with van der Waals surface area (Å²) in [6, 6.07) is 16.6. The second-order valence-corrected chi connectivity index (χ2v) is 5.59. The second-order valence-electron chi connectivity index (χ2n) is 5.43. The summed E-state index contributed by atoms with van der Waals surface area (Å²) in [6.07, 6.45) is 5.28. The predicted octanol–water partition coefficient (Wildman–Crippen LogP) is 5.18. The van der Waals surface area contributed by atoms with Crippen molar-refractivity contribution in [1.29, 1.82) is 0 Å². The molecule has 0 aliphatic carbocycles. The van der Waals surface area contributed by atoms with E-state index < -0.39 is 23.5 Å². The molecule has 0 saturated heterocycles. The molecule has 0 aromatic heterocycles. The molecule has 0 aliphatic rings. The zero-order valence-corrected chi connectivity index (χ0v) is 18.6. The zero-order valence-electron chi connectivity index (χ0n) is 17.6. The van der Waals surface area contributed by atoms with Crippen molar-refractivity contribution in [2.45, 2.75) is 53.4 Å². The van der Waals surface area contributed by atoms with Crippen LogP contribution in [0, 0.1) is 0 Å². The van der Waals surface area contributed by atoms with Crippen LogP contribution >= 0.6 is 0 Å². The lowest BCUT2D eigenvalue weighted by Crippen LogP contribution is -1.93. The molecule has 0 saturated carbocycles. The van der Waals surface area contributed by atoms with Crippen LogP contribution in [0.25, 0.3) is 0 Å². The molecule has 7 heteroatoms. The van der Waals surface area contributed by atoms with E-state index in [4.69, 9.17) is 18.6 Å². The Morgan fingerprint density at radius 3 is 0.931 bits per heavy atom. The Morgan fingerprint density at radius 1 is 0.621 bits per heavy atom. The van der Waals surface area contributed by atoms with E-state index in [0.29, 0.717) is 11.1 Å². The zero-order chi connectivity index (χ0) is 22.9. The van der Waals surface area contributed by atoms with Gasteiger partial charge < -0.3 is 10.2 Å². The van der Waals surface area contributed by atoms with Gasteiger partial charge in [-0.15, -0.1) is 0 Å². The van der Waals surface area contributed by atoms with E-state index in [9.17, 15) is 9.59 Å². The predicted molar refractivity (Wildman–Crippen MR) is 120 cm³/mol. The van der Waals surface area contributed by atoms with Crippen LogP contribution in [0.1, 0.15) is 74.1 Å². The molecular weight excluding hydrogens is 392 g/mol. The molecule has 2 aromatic rings. The Kier molecular flexibility index (Phi) is 27.1. The summed E-state index contributed by atoms with van der Waals surface area (Å²) in [7, 11) is 0. The molecule has 2 rings (SSSR count). The lowest BCUT2D eigenvalue weighted by atomic mass is 10.2. The van der Waals surface area contributed by atoms with Crippen molar-refractivity contribution < 1.29 is 28.2 Å². The Hall–Kier alpha value is -2.67. The highest BCUT2D eigenvalue weighted by Gasteiger charge is 1.97. The van der Waals surface area contributed by atoms with Crippen LogP contribution < -0.4 is 0 Å². The van der Waals surface area contributed by atoms with Crippen LogP contribution in [0.3, 0.4) is 0 Å². The first kappa shape index (κ1) is 31.0. The summed E-state index contributed by atoms with van der Waals surface area (Å²) < 4.78 is 16.8. The van der Waals surface area contributed by atoms with Crippen LogP contribution in [-0.4, -0.2) is 30.6 Å². The molecule has 0 unspecified atom stereocenters. The maximum atomic E-state index is 10.2. The molecule has 2 N–H and O–H groups in total. The fraction of sp³-hybridized carbons (Fsp3) is 0.364. The number of hydrogen-bond donors (Lipinski definition) is 2. The maximum Gasteiger partial charge on any atom is 0.335 e. The lowest BCUT2D eigenvalue weighted by molar-refractivity contribution is 0.0686. The number of unbranched alkanes of at least 4 members (excludes halogenated alkanes) is 2. The van der Waals surface area contributed by atoms with Gasteiger partial charge in [-0.25, -0.2) is 18.0 Å². The molecule has 0 atom stereocenters. The molecule has 0 aliphatic heterocycles. The van der Waals surface area contributed by atoms with Gasteiger partial charge in [-0.2, -0.15) is 0 Å². The van der Waals surface area contributed by atoms with E-state index in [1.54, 1.807) is 60.7 Å². The van der Waals surface area contributed by atoms with E-state index >= 15 is 0 Å². The van der Waals surface area contributed by atoms with E-state index in [1.165, 1.54) is 25.7 Å². The van der Waals surface area contributed by atoms with E-state index in [2.05, 4.69) is 27.7 Å². The van der Waals surface area contributed by atoms with Gasteiger partial charge in [-0.1, -0.05) is 89.8 Å². The van der Waals surface area contributed by atoms with Gasteiger partial charge in [0.15, 0.2) is 0 Å². The minimum atomic E-state index is -1.42. The fourth-order valence-corrected chi connectivity index (χ4v) is 1.16. The fourth-order valence-electron chi connectivity index (χ4n) is 1.16. The highest BCUT2D eigenvalue weighted by Crippen LogP contribution is 1.96. The van der Waals surface area contributed by atoms with Gasteiger partial charge in [0.2, 0.25) is 0 Å². The largest absolute Gasteiger partial charge is 0.478 e. The third-order valence-electron chi connectivity index (χ3n) is 3.04. The standard InChI is InChI=1S/2C7H6O2.2C4H10.H2O2S/c2*8-7(9)6-4-2-1-3-5-6;2*1-3-4-2;1-3-2/h2*1-5H,(H,8,9);2*3-4H2,1-2H3;3H2. The monoisotopic (exact) mass is 426 g/mol. The number of rotatable bonds is 4. The van der Waals surface area contributed by atoms with Crippen molar-refractivity contribution in [3.8, 4) is 0 Å². The normalized spacial score (nSPS) is 8.14. The van der Waals surface area contributed by atoms with Crippen LogP contribution in [-0.2, 0) is 11.6 Å². The summed E-state index contributed by atoms with van der Waals surface area (Å²) in [6.45, 7) is 8.72. The number of hydrogen-bond acceptors (Lipinski definition) is 4. The van der Waals surface area contributed by atoms with Crippen LogP contribution in [0.5, 0.6) is 0 Å². The van der Waals surface area contributed by atoms with Gasteiger partial charge in [0.05, 0.1) is 11.1 Å². The molecular formula is C22H34O6S. The van der Waals surface area contributed by atoms with Crippen molar-refractivity contribution in [2.75, 3.05) is 0 Å². The Morgan fingerprint density at radius 2 is 0.828 bits per heavy atom. The summed E-state index contributed by atoms with van der Waals surface area (Å²) in [5.41, 5.74) is 0.662. The molecule has 0 fully saturated rings. The van der Waals surface area contributed by atoms with Crippen molar-refractivity contribution in [3.63, 3.8) is 0 Å². The van der Waals surface area contributed by atoms with Crippen molar-refractivity contribution in [2.24, 2.45) is 0 Å². The summed E-state index contributed by atoms with van der Waals surface area (Å²) in [5, 5.41) is 16.8. The number of carboxylic acids is 2. The van der Waals surface area contributed by atoms with Gasteiger partial charge in [-0.05, 0) is 24.3 Å². The molecule has 6 nitrogen and oxygen atoms in total. The molecule has 0 amide bonds. The van der Waals surface area contributed by atoms with Gasteiger partial charge in [0.25, 0.3) is 0 Å². The van der Waals surface area contributed by atoms with Crippen molar-refractivity contribution in [1.82, 2.24) is 0 Å². The molecule has 0 spiro atoms. The quantitative estimate of drug-likeness (QED) is 0.697. The molecule has 164 valence electrons. The third-order valence-corrected chi connectivity index (χ3v) is 3.04. The molecule has 0 heterocycles. The maximum absolute atomic E-state index is 10.2. The van der Waals surface area contributed by atoms with E-state index in [-0.39, 0.29) is 0 Å². The third kappa shape index (κ3) is 25.3. The number of aromatic carboxylic acids is 2. The van der Waals surface area contributed by atoms with Gasteiger partial charge >= 0.3 is 11.9 Å². The first-order chi connectivity index (χ1) is 13.9. The summed E-state index contributed by atoms with van der Waals surface area (Å²) >= 11 is -1.42. The minimum Gasteiger partial charge on any atom is -0.478 e. The molecule has 0 radical (unpaired) electrons. The van der Waals surface area contributed by atoms with Crippen LogP contribution in [0.4, 0.5) is 0 Å². The summed E-state index contributed by atoms with van der Waals surface area (Å²) in [4.78, 5) is 20.4. The minimum absolute atomic E-state index is 0.331. The van der Waals surface area contributed by atoms with Crippen molar-refractivity contribution >= 4 is 23.5 Å². The molecule has 2 aromatic carbocycles. The number of carbonyl (C=O) groups is 2. The first-order valence-electron chi connectivity index (χ1n) is 9.41. The average molecular weight is 427 g/mol. The topological polar surface area (TPSA) is 109 Å². The van der Waals surface area contributed by atoms with Gasteiger partial charge in [0, 0.05) is 0 Å². The average Bonchev–Trinajstić information content (AvgIpc) is 2.76. The number of carboxylic acid groups (broad SMARTS) is 2. The second kappa shape index (κ2) is 25.3. The van der Waals surface area contributed by atoms with Gasteiger partial charge in [-0.3, -0.25) is 0 Å². The first-order valence-corrected chi connectivity index (χ1v) is 10.2. The van der Waals surface area contributed by atoms with Crippen LogP contribution in [0.15, 0.2) is 60.7 Å². The number of benzene rings is 2. The van der Waals surface area contributed by atoms with Gasteiger partial charge in [0.1, 0.15) is 11.6 Å². The Labute approximate surface area is 177 Å². The SMILES string of the molecule is CCCC.CCCC.O=C(O)c1ccccc1.O=C(O)c1ccccc1.O=[SH2]=O. The van der Waals surface area contributed by atoms with Crippen LogP contribution in [0.2, 0.25) is 0 Å². The molecule has 29 heavy (non-hydrogen) atoms. The van der Waals surface area contributed by atoms with Crippen molar-refractivity contribution in [3.05, 3.63) is 71.8 Å². The lowest BCUT2D eigenvalue weighted by Gasteiger charge is -1.88. The smallest absolute Gasteiger partial charge is 0.335 e. The molecule has 0 bridgehead atoms.